The van der Waals surface area contributed by atoms with Crippen molar-refractivity contribution in [2.45, 2.75) is 19.8 Å². The highest BCUT2D eigenvalue weighted by Crippen LogP contribution is 2.18. The zero-order valence-electron chi connectivity index (χ0n) is 15.9. The van der Waals surface area contributed by atoms with Crippen molar-refractivity contribution in [2.75, 3.05) is 30.8 Å². The first-order chi connectivity index (χ1) is 13.2. The maximum atomic E-state index is 5.40. The Kier molecular flexibility index (Phi) is 6.63. The van der Waals surface area contributed by atoms with Crippen molar-refractivity contribution >= 4 is 11.8 Å². The van der Waals surface area contributed by atoms with E-state index in [4.69, 9.17) is 4.74 Å². The Morgan fingerprint density at radius 2 is 1.59 bits per heavy atom. The maximum Gasteiger partial charge on any atom is 0.224 e. The first kappa shape index (κ1) is 18.7. The van der Waals surface area contributed by atoms with E-state index in [1.165, 1.54) is 11.1 Å². The Labute approximate surface area is 160 Å². The van der Waals surface area contributed by atoms with Gasteiger partial charge in [-0.3, -0.25) is 0 Å². The van der Waals surface area contributed by atoms with Crippen LogP contribution in [0.15, 0.2) is 60.7 Å². The third-order valence-corrected chi connectivity index (χ3v) is 4.29. The molecule has 0 saturated heterocycles. The fourth-order valence-corrected chi connectivity index (χ4v) is 2.94. The van der Waals surface area contributed by atoms with Gasteiger partial charge in [0.2, 0.25) is 5.95 Å². The van der Waals surface area contributed by atoms with E-state index in [0.29, 0.717) is 5.95 Å². The summed E-state index contributed by atoms with van der Waals surface area (Å²) in [7, 11) is 1.70. The lowest BCUT2D eigenvalue weighted by atomic mass is 10.1. The molecule has 0 aliphatic carbocycles. The minimum absolute atomic E-state index is 0.645. The molecule has 140 valence electrons. The molecule has 3 aromatic rings. The van der Waals surface area contributed by atoms with Gasteiger partial charge in [-0.25, -0.2) is 4.98 Å². The molecule has 2 aromatic carbocycles. The van der Waals surface area contributed by atoms with Crippen LogP contribution in [0.5, 0.6) is 5.75 Å². The molecule has 0 aliphatic rings. The molecule has 0 amide bonds. The predicted octanol–water partition coefficient (Wildman–Crippen LogP) is 4.10. The molecule has 1 aromatic heterocycles. The van der Waals surface area contributed by atoms with Gasteiger partial charge in [-0.15, -0.1) is 0 Å². The first-order valence-electron chi connectivity index (χ1n) is 9.24. The molecule has 3 rings (SSSR count). The average Bonchev–Trinajstić information content (AvgIpc) is 2.69. The number of aromatic nitrogens is 2. The topological polar surface area (TPSA) is 59.1 Å². The van der Waals surface area contributed by atoms with Crippen LogP contribution in [0.1, 0.15) is 16.8 Å². The van der Waals surface area contributed by atoms with E-state index in [2.05, 4.69) is 50.9 Å². The molecular weight excluding hydrogens is 336 g/mol. The summed E-state index contributed by atoms with van der Waals surface area (Å²) in [6.07, 6.45) is 1.80. The molecule has 5 nitrogen and oxygen atoms in total. The van der Waals surface area contributed by atoms with Gasteiger partial charge in [-0.05, 0) is 37.0 Å². The monoisotopic (exact) mass is 362 g/mol. The van der Waals surface area contributed by atoms with Gasteiger partial charge >= 0.3 is 0 Å². The van der Waals surface area contributed by atoms with Gasteiger partial charge in [0.05, 0.1) is 7.11 Å². The number of benzene rings is 2. The largest absolute Gasteiger partial charge is 0.496 e. The van der Waals surface area contributed by atoms with Gasteiger partial charge in [-0.1, -0.05) is 48.5 Å². The van der Waals surface area contributed by atoms with Crippen LogP contribution in [-0.2, 0) is 12.8 Å². The van der Waals surface area contributed by atoms with Gasteiger partial charge in [0.1, 0.15) is 11.6 Å². The van der Waals surface area contributed by atoms with E-state index < -0.39 is 0 Å². The summed E-state index contributed by atoms with van der Waals surface area (Å²) in [6, 6.07) is 20.5. The molecule has 27 heavy (non-hydrogen) atoms. The minimum atomic E-state index is 0.645. The van der Waals surface area contributed by atoms with Crippen molar-refractivity contribution in [3.63, 3.8) is 0 Å². The Bertz CT molecular complexity index is 852. The number of hydrogen-bond donors (Lipinski definition) is 2. The molecule has 0 bridgehead atoms. The quantitative estimate of drug-likeness (QED) is 0.600. The van der Waals surface area contributed by atoms with Crippen LogP contribution in [0.3, 0.4) is 0 Å². The number of rotatable bonds is 9. The van der Waals surface area contributed by atoms with Crippen molar-refractivity contribution < 1.29 is 4.74 Å². The van der Waals surface area contributed by atoms with Crippen LogP contribution in [0.4, 0.5) is 11.8 Å². The number of methoxy groups -OCH3 is 1. The van der Waals surface area contributed by atoms with E-state index >= 15 is 0 Å². The fraction of sp³-hybridized carbons (Fsp3) is 0.273. The van der Waals surface area contributed by atoms with Gasteiger partial charge in [0.25, 0.3) is 0 Å². The SMILES string of the molecule is COc1ccccc1CCNc1nc(C)cc(NCCc2ccccc2)n1. The zero-order chi connectivity index (χ0) is 18.9. The van der Waals surface area contributed by atoms with E-state index in [0.717, 1.165) is 43.2 Å². The summed E-state index contributed by atoms with van der Waals surface area (Å²) in [4.78, 5) is 9.05. The Hall–Kier alpha value is -3.08. The second-order valence-corrected chi connectivity index (χ2v) is 6.37. The van der Waals surface area contributed by atoms with Gasteiger partial charge in [0.15, 0.2) is 0 Å². The molecule has 0 fully saturated rings. The molecule has 2 N–H and O–H groups in total. The lowest BCUT2D eigenvalue weighted by molar-refractivity contribution is 0.410. The van der Waals surface area contributed by atoms with Crippen molar-refractivity contribution in [3.05, 3.63) is 77.5 Å². The maximum absolute atomic E-state index is 5.40. The first-order valence-corrected chi connectivity index (χ1v) is 9.24. The van der Waals surface area contributed by atoms with Gasteiger partial charge in [0, 0.05) is 24.8 Å². The summed E-state index contributed by atoms with van der Waals surface area (Å²) in [5.74, 6) is 2.40. The van der Waals surface area contributed by atoms with Crippen LogP contribution in [-0.4, -0.2) is 30.2 Å². The van der Waals surface area contributed by atoms with Crippen molar-refractivity contribution in [3.8, 4) is 5.75 Å². The van der Waals surface area contributed by atoms with E-state index in [9.17, 15) is 0 Å². The number of anilines is 2. The van der Waals surface area contributed by atoms with Crippen LogP contribution >= 0.6 is 0 Å². The highest BCUT2D eigenvalue weighted by molar-refractivity contribution is 5.42. The third-order valence-electron chi connectivity index (χ3n) is 4.29. The zero-order valence-corrected chi connectivity index (χ0v) is 15.9. The second kappa shape index (κ2) is 9.57. The van der Waals surface area contributed by atoms with E-state index in [1.807, 2.05) is 37.3 Å². The van der Waals surface area contributed by atoms with E-state index in [1.54, 1.807) is 7.11 Å². The second-order valence-electron chi connectivity index (χ2n) is 6.37. The summed E-state index contributed by atoms with van der Waals surface area (Å²) >= 11 is 0. The van der Waals surface area contributed by atoms with Gasteiger partial charge < -0.3 is 15.4 Å². The molecule has 0 atom stereocenters. The number of nitrogens with zero attached hydrogens (tertiary/aromatic N) is 2. The highest BCUT2D eigenvalue weighted by Gasteiger charge is 2.04. The normalized spacial score (nSPS) is 10.4. The van der Waals surface area contributed by atoms with Crippen molar-refractivity contribution in [1.82, 2.24) is 9.97 Å². The van der Waals surface area contributed by atoms with Crippen molar-refractivity contribution in [2.24, 2.45) is 0 Å². The average molecular weight is 362 g/mol. The third kappa shape index (κ3) is 5.71. The molecule has 5 heteroatoms. The van der Waals surface area contributed by atoms with Crippen LogP contribution < -0.4 is 15.4 Å². The molecule has 0 unspecified atom stereocenters. The fourth-order valence-electron chi connectivity index (χ4n) is 2.94. The Morgan fingerprint density at radius 1 is 0.852 bits per heavy atom. The highest BCUT2D eigenvalue weighted by atomic mass is 16.5. The predicted molar refractivity (Wildman–Crippen MR) is 111 cm³/mol. The Morgan fingerprint density at radius 3 is 2.41 bits per heavy atom. The number of para-hydroxylation sites is 1. The van der Waals surface area contributed by atoms with Crippen molar-refractivity contribution in [1.29, 1.82) is 0 Å². The summed E-state index contributed by atoms with van der Waals surface area (Å²) < 4.78 is 5.40. The number of ether oxygens (including phenoxy) is 1. The summed E-state index contributed by atoms with van der Waals surface area (Å²) in [6.45, 7) is 3.56. The molecule has 0 spiro atoms. The number of hydrogen-bond acceptors (Lipinski definition) is 5. The van der Waals surface area contributed by atoms with Crippen LogP contribution in [0, 0.1) is 6.92 Å². The molecular formula is C22H26N4O. The lowest BCUT2D eigenvalue weighted by Crippen LogP contribution is -2.12. The summed E-state index contributed by atoms with van der Waals surface area (Å²) in [5.41, 5.74) is 3.42. The molecule has 0 aliphatic heterocycles. The number of aryl methyl sites for hydroxylation is 1. The number of nitrogens with one attached hydrogen (secondary N) is 2. The van der Waals surface area contributed by atoms with Crippen LogP contribution in [0.25, 0.3) is 0 Å². The smallest absolute Gasteiger partial charge is 0.224 e. The standard InChI is InChI=1S/C22H26N4O/c1-17-16-21(23-14-12-18-8-4-3-5-9-18)26-22(25-17)24-15-13-19-10-6-7-11-20(19)27-2/h3-11,16H,12-15H2,1-2H3,(H2,23,24,25,26). The molecule has 1 heterocycles. The molecule has 0 radical (unpaired) electrons. The van der Waals surface area contributed by atoms with Gasteiger partial charge in [-0.2, -0.15) is 4.98 Å². The lowest BCUT2D eigenvalue weighted by Gasteiger charge is -2.11. The van der Waals surface area contributed by atoms with Crippen LogP contribution in [0.2, 0.25) is 0 Å². The molecule has 0 saturated carbocycles. The minimum Gasteiger partial charge on any atom is -0.496 e. The summed E-state index contributed by atoms with van der Waals surface area (Å²) in [5, 5.41) is 6.71. The Balaban J connectivity index is 1.53. The van der Waals surface area contributed by atoms with E-state index in [-0.39, 0.29) is 0 Å².